The van der Waals surface area contributed by atoms with Gasteiger partial charge in [0.25, 0.3) is 0 Å². The van der Waals surface area contributed by atoms with Gasteiger partial charge < -0.3 is 15.6 Å². The van der Waals surface area contributed by atoms with Gasteiger partial charge in [-0.25, -0.2) is 5.43 Å². The monoisotopic (exact) mass is 363 g/mol. The van der Waals surface area contributed by atoms with Crippen LogP contribution in [0.4, 0.5) is 0 Å². The van der Waals surface area contributed by atoms with Crippen molar-refractivity contribution in [1.82, 2.24) is 5.43 Å². The van der Waals surface area contributed by atoms with Crippen molar-refractivity contribution < 1.29 is 19.4 Å². The quantitative estimate of drug-likeness (QED) is 0.302. The number of nitrogens with two attached hydrogens (primary N) is 1. The number of halogens is 1. The summed E-state index contributed by atoms with van der Waals surface area (Å²) in [6.07, 6.45) is 1.30. The Bertz CT molecular complexity index is 516. The smallest absolute Gasteiger partial charge is 0.329 e. The number of phenols is 1. The average molecular weight is 363 g/mol. The maximum absolute atomic E-state index is 10.8. The number of hydrogen-bond donors (Lipinski definition) is 3. The van der Waals surface area contributed by atoms with Crippen molar-refractivity contribution in [2.45, 2.75) is 0 Å². The lowest BCUT2D eigenvalue weighted by Gasteiger charge is -2.06. The Balaban J connectivity index is 2.85. The fourth-order valence-electron chi connectivity index (χ4n) is 1.04. The number of carbonyl (C=O) groups excluding carboxylic acids is 2. The molecule has 0 saturated heterocycles. The van der Waals surface area contributed by atoms with Gasteiger partial charge in [0.15, 0.2) is 11.5 Å². The molecule has 0 saturated carbocycles. The molecule has 0 aromatic heterocycles. The molecule has 1 aromatic rings. The number of methoxy groups -OCH3 is 1. The Morgan fingerprint density at radius 3 is 2.78 bits per heavy atom. The van der Waals surface area contributed by atoms with Crippen LogP contribution < -0.4 is 15.9 Å². The van der Waals surface area contributed by atoms with Gasteiger partial charge in [-0.1, -0.05) is 0 Å². The molecule has 0 aliphatic heterocycles. The molecule has 0 aliphatic rings. The number of primary amides is 1. The summed E-state index contributed by atoms with van der Waals surface area (Å²) in [5, 5.41) is 13.1. The summed E-state index contributed by atoms with van der Waals surface area (Å²) >= 11 is 1.92. The molecular weight excluding hydrogens is 353 g/mol. The number of nitrogens with zero attached hydrogens (tertiary/aromatic N) is 1. The van der Waals surface area contributed by atoms with Crippen molar-refractivity contribution in [1.29, 1.82) is 0 Å². The predicted molar refractivity (Wildman–Crippen MR) is 72.3 cm³/mol. The van der Waals surface area contributed by atoms with E-state index >= 15 is 0 Å². The van der Waals surface area contributed by atoms with Gasteiger partial charge in [-0.05, 0) is 40.3 Å². The maximum Gasteiger partial charge on any atom is 0.329 e. The number of rotatable bonds is 3. The normalized spacial score (nSPS) is 10.3. The molecule has 0 aliphatic carbocycles. The lowest BCUT2D eigenvalue weighted by molar-refractivity contribution is -0.137. The number of phenolic OH excluding ortho intramolecular Hbond substituents is 1. The van der Waals surface area contributed by atoms with Crippen LogP contribution >= 0.6 is 22.6 Å². The Labute approximate surface area is 116 Å². The molecular formula is C10H10IN3O4. The van der Waals surface area contributed by atoms with Crippen LogP contribution in [0.15, 0.2) is 17.2 Å². The van der Waals surface area contributed by atoms with Crippen LogP contribution in [0.2, 0.25) is 0 Å². The highest BCUT2D eigenvalue weighted by Crippen LogP contribution is 2.31. The van der Waals surface area contributed by atoms with E-state index in [0.717, 1.165) is 0 Å². The van der Waals surface area contributed by atoms with Gasteiger partial charge in [-0.15, -0.1) is 0 Å². The third-order valence-corrected chi connectivity index (χ3v) is 2.70. The van der Waals surface area contributed by atoms with Gasteiger partial charge in [0.1, 0.15) is 0 Å². The summed E-state index contributed by atoms with van der Waals surface area (Å²) < 4.78 is 5.52. The predicted octanol–water partition coefficient (Wildman–Crippen LogP) is -0.0592. The molecule has 2 amide bonds. The SMILES string of the molecule is COc1cc(/C=N/NC(=O)C(N)=O)cc(I)c1O. The first kappa shape index (κ1) is 14.2. The van der Waals surface area contributed by atoms with E-state index in [2.05, 4.69) is 5.10 Å². The van der Waals surface area contributed by atoms with Crippen molar-refractivity contribution in [3.63, 3.8) is 0 Å². The Morgan fingerprint density at radius 1 is 1.56 bits per heavy atom. The average Bonchev–Trinajstić information content (AvgIpc) is 2.33. The van der Waals surface area contributed by atoms with Gasteiger partial charge in [-0.2, -0.15) is 5.10 Å². The van der Waals surface area contributed by atoms with Crippen LogP contribution in [0.25, 0.3) is 0 Å². The summed E-state index contributed by atoms with van der Waals surface area (Å²) in [4.78, 5) is 21.2. The van der Waals surface area contributed by atoms with Gasteiger partial charge in [0.05, 0.1) is 16.9 Å². The Morgan fingerprint density at radius 2 is 2.22 bits per heavy atom. The van der Waals surface area contributed by atoms with Gasteiger partial charge >= 0.3 is 11.8 Å². The van der Waals surface area contributed by atoms with E-state index in [9.17, 15) is 14.7 Å². The van der Waals surface area contributed by atoms with Crippen molar-refractivity contribution in [3.05, 3.63) is 21.3 Å². The zero-order chi connectivity index (χ0) is 13.7. The van der Waals surface area contributed by atoms with Crippen LogP contribution in [0.3, 0.4) is 0 Å². The minimum atomic E-state index is -1.12. The van der Waals surface area contributed by atoms with E-state index in [1.54, 1.807) is 6.07 Å². The standard InChI is InChI=1S/C10H10IN3O4/c1-18-7-3-5(2-6(11)8(7)15)4-13-14-10(17)9(12)16/h2-4,15H,1H3,(H2,12,16)(H,14,17)/b13-4+. The van der Waals surface area contributed by atoms with E-state index in [1.807, 2.05) is 28.0 Å². The molecule has 0 atom stereocenters. The van der Waals surface area contributed by atoms with E-state index in [-0.39, 0.29) is 11.5 Å². The second kappa shape index (κ2) is 6.19. The van der Waals surface area contributed by atoms with Gasteiger partial charge in [-0.3, -0.25) is 9.59 Å². The van der Waals surface area contributed by atoms with Crippen LogP contribution in [-0.2, 0) is 9.59 Å². The molecule has 96 valence electrons. The number of hydrogen-bond acceptors (Lipinski definition) is 5. The number of benzene rings is 1. The number of ether oxygens (including phenoxy) is 1. The van der Waals surface area contributed by atoms with Crippen LogP contribution in [0.1, 0.15) is 5.56 Å². The van der Waals surface area contributed by atoms with Crippen molar-refractivity contribution >= 4 is 40.6 Å². The van der Waals surface area contributed by atoms with Crippen molar-refractivity contribution in [3.8, 4) is 11.5 Å². The molecule has 4 N–H and O–H groups in total. The summed E-state index contributed by atoms with van der Waals surface area (Å²) in [6, 6.07) is 3.15. The highest BCUT2D eigenvalue weighted by atomic mass is 127. The lowest BCUT2D eigenvalue weighted by atomic mass is 10.2. The van der Waals surface area contributed by atoms with E-state index in [4.69, 9.17) is 10.5 Å². The Hall–Kier alpha value is -1.84. The van der Waals surface area contributed by atoms with Gasteiger partial charge in [0.2, 0.25) is 0 Å². The molecule has 1 aromatic carbocycles. The summed E-state index contributed by atoms with van der Waals surface area (Å²) in [7, 11) is 1.42. The first-order valence-electron chi connectivity index (χ1n) is 4.65. The van der Waals surface area contributed by atoms with Crippen molar-refractivity contribution in [2.24, 2.45) is 10.8 Å². The number of nitrogens with one attached hydrogen (secondary N) is 1. The van der Waals surface area contributed by atoms with Crippen LogP contribution in [0, 0.1) is 3.57 Å². The van der Waals surface area contributed by atoms with E-state index < -0.39 is 11.8 Å². The molecule has 0 unspecified atom stereocenters. The molecule has 7 nitrogen and oxygen atoms in total. The van der Waals surface area contributed by atoms with Gasteiger partial charge in [0, 0.05) is 0 Å². The number of aromatic hydroxyl groups is 1. The first-order valence-corrected chi connectivity index (χ1v) is 5.73. The minimum Gasteiger partial charge on any atom is -0.504 e. The molecule has 1 rings (SSSR count). The zero-order valence-electron chi connectivity index (χ0n) is 9.31. The lowest BCUT2D eigenvalue weighted by Crippen LogP contribution is -2.32. The summed E-state index contributed by atoms with van der Waals surface area (Å²) in [5.41, 5.74) is 7.26. The highest BCUT2D eigenvalue weighted by molar-refractivity contribution is 14.1. The van der Waals surface area contributed by atoms with E-state index in [1.165, 1.54) is 19.4 Å². The highest BCUT2D eigenvalue weighted by Gasteiger charge is 2.08. The fraction of sp³-hybridized carbons (Fsp3) is 0.100. The second-order valence-corrected chi connectivity index (χ2v) is 4.28. The second-order valence-electron chi connectivity index (χ2n) is 3.12. The number of hydrazone groups is 1. The number of amides is 2. The molecule has 0 spiro atoms. The maximum atomic E-state index is 10.8. The third-order valence-electron chi connectivity index (χ3n) is 1.87. The Kier molecular flexibility index (Phi) is 4.89. The van der Waals surface area contributed by atoms with Crippen LogP contribution in [-0.4, -0.2) is 30.2 Å². The summed E-state index contributed by atoms with van der Waals surface area (Å²) in [6.45, 7) is 0. The number of carbonyl (C=O) groups is 2. The van der Waals surface area contributed by atoms with Crippen LogP contribution in [0.5, 0.6) is 11.5 Å². The minimum absolute atomic E-state index is 0.0245. The topological polar surface area (TPSA) is 114 Å². The molecule has 0 heterocycles. The largest absolute Gasteiger partial charge is 0.504 e. The third kappa shape index (κ3) is 3.58. The molecule has 0 fully saturated rings. The molecule has 8 heteroatoms. The molecule has 0 bridgehead atoms. The molecule has 18 heavy (non-hydrogen) atoms. The zero-order valence-corrected chi connectivity index (χ0v) is 11.5. The molecule has 0 radical (unpaired) electrons. The van der Waals surface area contributed by atoms with E-state index in [0.29, 0.717) is 9.13 Å². The summed E-state index contributed by atoms with van der Waals surface area (Å²) in [5.74, 6) is -1.82. The van der Waals surface area contributed by atoms with Crippen molar-refractivity contribution in [2.75, 3.05) is 7.11 Å². The fourth-order valence-corrected chi connectivity index (χ4v) is 1.67. The first-order chi connectivity index (χ1) is 8.45.